The summed E-state index contributed by atoms with van der Waals surface area (Å²) >= 11 is 3.47. The predicted octanol–water partition coefficient (Wildman–Crippen LogP) is 4.65. The Morgan fingerprint density at radius 1 is 1.38 bits per heavy atom. The molecule has 4 nitrogen and oxygen atoms in total. The maximum atomic E-state index is 14.1. The van der Waals surface area contributed by atoms with E-state index in [-0.39, 0.29) is 17.7 Å². The van der Waals surface area contributed by atoms with Crippen molar-refractivity contribution in [2.75, 3.05) is 10.6 Å². The standard InChI is InChI=1S/C18H18BrFN2O2/c1-10-3-5-13-16(22(10)11(2)23)7-6-14(19)18(13)24-17-8-4-12(21)9-15(17)20/h4,6-10H,3,5,21H2,1-2H3/t10-/m0/s1. The zero-order valence-electron chi connectivity index (χ0n) is 13.5. The third-order valence-electron chi connectivity index (χ3n) is 4.21. The molecule has 2 aromatic carbocycles. The molecule has 2 N–H and O–H groups in total. The van der Waals surface area contributed by atoms with Crippen LogP contribution >= 0.6 is 15.9 Å². The Labute approximate surface area is 148 Å². The number of carbonyl (C=O) groups excluding carboxylic acids is 1. The fourth-order valence-corrected chi connectivity index (χ4v) is 3.53. The summed E-state index contributed by atoms with van der Waals surface area (Å²) in [5.41, 5.74) is 7.63. The van der Waals surface area contributed by atoms with Crippen molar-refractivity contribution in [2.45, 2.75) is 32.7 Å². The number of halogens is 2. The van der Waals surface area contributed by atoms with Gasteiger partial charge in [-0.25, -0.2) is 4.39 Å². The number of nitrogens with zero attached hydrogens (tertiary/aromatic N) is 1. The molecule has 0 radical (unpaired) electrons. The fourth-order valence-electron chi connectivity index (χ4n) is 3.08. The van der Waals surface area contributed by atoms with Gasteiger partial charge in [0, 0.05) is 30.3 Å². The van der Waals surface area contributed by atoms with E-state index in [0.29, 0.717) is 11.4 Å². The molecule has 126 valence electrons. The van der Waals surface area contributed by atoms with Crippen LogP contribution in [0.5, 0.6) is 11.5 Å². The number of nitrogens with two attached hydrogens (primary N) is 1. The molecule has 0 unspecified atom stereocenters. The van der Waals surface area contributed by atoms with Crippen LogP contribution in [0.1, 0.15) is 25.8 Å². The highest BCUT2D eigenvalue weighted by Crippen LogP contribution is 2.43. The van der Waals surface area contributed by atoms with Gasteiger partial charge in [0.05, 0.1) is 10.2 Å². The summed E-state index contributed by atoms with van der Waals surface area (Å²) in [5, 5.41) is 0. The van der Waals surface area contributed by atoms with Gasteiger partial charge in [0.25, 0.3) is 0 Å². The first kappa shape index (κ1) is 16.8. The lowest BCUT2D eigenvalue weighted by Crippen LogP contribution is -2.40. The van der Waals surface area contributed by atoms with Crippen LogP contribution in [-0.4, -0.2) is 11.9 Å². The second-order valence-electron chi connectivity index (χ2n) is 5.94. The lowest BCUT2D eigenvalue weighted by atomic mass is 9.95. The summed E-state index contributed by atoms with van der Waals surface area (Å²) in [6, 6.07) is 8.15. The number of ether oxygens (including phenoxy) is 1. The smallest absolute Gasteiger partial charge is 0.224 e. The van der Waals surface area contributed by atoms with E-state index in [1.54, 1.807) is 17.9 Å². The Hall–Kier alpha value is -2.08. The van der Waals surface area contributed by atoms with Gasteiger partial charge in [-0.05, 0) is 60.0 Å². The summed E-state index contributed by atoms with van der Waals surface area (Å²) < 4.78 is 20.6. The minimum Gasteiger partial charge on any atom is -0.453 e. The number of hydrogen-bond acceptors (Lipinski definition) is 3. The minimum atomic E-state index is -0.521. The highest BCUT2D eigenvalue weighted by atomic mass is 79.9. The lowest BCUT2D eigenvalue weighted by molar-refractivity contribution is -0.117. The van der Waals surface area contributed by atoms with Crippen LogP contribution in [-0.2, 0) is 11.2 Å². The molecule has 24 heavy (non-hydrogen) atoms. The van der Waals surface area contributed by atoms with E-state index in [2.05, 4.69) is 15.9 Å². The summed E-state index contributed by atoms with van der Waals surface area (Å²) in [7, 11) is 0. The van der Waals surface area contributed by atoms with Crippen molar-refractivity contribution in [2.24, 2.45) is 0 Å². The Kier molecular flexibility index (Phi) is 4.49. The van der Waals surface area contributed by atoms with E-state index in [4.69, 9.17) is 10.5 Å². The first-order chi connectivity index (χ1) is 11.4. The van der Waals surface area contributed by atoms with Crippen LogP contribution in [0.15, 0.2) is 34.8 Å². The lowest BCUT2D eigenvalue weighted by Gasteiger charge is -2.35. The van der Waals surface area contributed by atoms with Crippen LogP contribution in [0.25, 0.3) is 0 Å². The van der Waals surface area contributed by atoms with E-state index in [1.165, 1.54) is 12.1 Å². The van der Waals surface area contributed by atoms with Crippen molar-refractivity contribution in [3.8, 4) is 11.5 Å². The molecule has 3 rings (SSSR count). The maximum Gasteiger partial charge on any atom is 0.224 e. The number of hydrogen-bond donors (Lipinski definition) is 1. The summed E-state index contributed by atoms with van der Waals surface area (Å²) in [4.78, 5) is 13.8. The number of anilines is 2. The molecule has 0 aliphatic carbocycles. The third-order valence-corrected chi connectivity index (χ3v) is 4.83. The van der Waals surface area contributed by atoms with Gasteiger partial charge in [-0.3, -0.25) is 4.79 Å². The highest BCUT2D eigenvalue weighted by molar-refractivity contribution is 9.10. The minimum absolute atomic E-state index is 0.0182. The van der Waals surface area contributed by atoms with Crippen LogP contribution in [0.3, 0.4) is 0 Å². The molecule has 1 amide bonds. The Morgan fingerprint density at radius 3 is 2.79 bits per heavy atom. The van der Waals surface area contributed by atoms with Crippen molar-refractivity contribution in [3.05, 3.63) is 46.2 Å². The molecule has 0 aromatic heterocycles. The van der Waals surface area contributed by atoms with Crippen LogP contribution in [0, 0.1) is 5.82 Å². The first-order valence-corrected chi connectivity index (χ1v) is 8.52. The Bertz CT molecular complexity index is 810. The number of nitrogen functional groups attached to an aromatic ring is 1. The van der Waals surface area contributed by atoms with Gasteiger partial charge in [0.2, 0.25) is 5.91 Å². The number of rotatable bonds is 2. The van der Waals surface area contributed by atoms with Gasteiger partial charge in [-0.1, -0.05) is 0 Å². The van der Waals surface area contributed by atoms with Crippen LogP contribution in [0.2, 0.25) is 0 Å². The molecule has 0 bridgehead atoms. The van der Waals surface area contributed by atoms with Crippen molar-refractivity contribution in [1.82, 2.24) is 0 Å². The SMILES string of the molecule is CC(=O)N1c2ccc(Br)c(Oc3ccc(N)cc3F)c2CC[C@@H]1C. The second-order valence-corrected chi connectivity index (χ2v) is 6.80. The van der Waals surface area contributed by atoms with Gasteiger partial charge in [-0.2, -0.15) is 0 Å². The van der Waals surface area contributed by atoms with Crippen LogP contribution < -0.4 is 15.4 Å². The molecule has 1 aliphatic heterocycles. The maximum absolute atomic E-state index is 14.1. The Balaban J connectivity index is 2.07. The zero-order chi connectivity index (χ0) is 17.4. The topological polar surface area (TPSA) is 55.6 Å². The monoisotopic (exact) mass is 392 g/mol. The van der Waals surface area contributed by atoms with E-state index in [9.17, 15) is 9.18 Å². The number of fused-ring (bicyclic) bond motifs is 1. The third kappa shape index (κ3) is 2.98. The molecule has 2 aromatic rings. The van der Waals surface area contributed by atoms with Crippen LogP contribution in [0.4, 0.5) is 15.8 Å². The summed E-state index contributed by atoms with van der Waals surface area (Å²) in [6.45, 7) is 3.57. The van der Waals surface area contributed by atoms with Crippen molar-refractivity contribution in [3.63, 3.8) is 0 Å². The number of carbonyl (C=O) groups is 1. The van der Waals surface area contributed by atoms with E-state index in [0.717, 1.165) is 28.6 Å². The predicted molar refractivity (Wildman–Crippen MR) is 96.0 cm³/mol. The largest absolute Gasteiger partial charge is 0.453 e. The normalized spacial score (nSPS) is 16.7. The van der Waals surface area contributed by atoms with Gasteiger partial charge in [0.15, 0.2) is 11.6 Å². The molecule has 1 aliphatic rings. The molecule has 1 atom stereocenters. The molecule has 6 heteroatoms. The first-order valence-electron chi connectivity index (χ1n) is 7.72. The number of amides is 1. The van der Waals surface area contributed by atoms with Gasteiger partial charge in [0.1, 0.15) is 5.75 Å². The van der Waals surface area contributed by atoms with Crippen molar-refractivity contribution >= 4 is 33.2 Å². The molecule has 0 saturated carbocycles. The van der Waals surface area contributed by atoms with Gasteiger partial charge < -0.3 is 15.4 Å². The average molecular weight is 393 g/mol. The quantitative estimate of drug-likeness (QED) is 0.756. The average Bonchev–Trinajstić information content (AvgIpc) is 2.51. The number of benzene rings is 2. The molecule has 0 fully saturated rings. The molecular weight excluding hydrogens is 375 g/mol. The second kappa shape index (κ2) is 6.43. The van der Waals surface area contributed by atoms with E-state index >= 15 is 0 Å². The van der Waals surface area contributed by atoms with Crippen molar-refractivity contribution < 1.29 is 13.9 Å². The highest BCUT2D eigenvalue weighted by Gasteiger charge is 2.29. The van der Waals surface area contributed by atoms with Gasteiger partial charge >= 0.3 is 0 Å². The molecule has 0 saturated heterocycles. The Morgan fingerprint density at radius 2 is 2.12 bits per heavy atom. The molecule has 1 heterocycles. The van der Waals surface area contributed by atoms with E-state index < -0.39 is 5.82 Å². The summed E-state index contributed by atoms with van der Waals surface area (Å²) in [5.74, 6) is 0.100. The van der Waals surface area contributed by atoms with Gasteiger partial charge in [-0.15, -0.1) is 0 Å². The van der Waals surface area contributed by atoms with E-state index in [1.807, 2.05) is 19.1 Å². The molecule has 0 spiro atoms. The van der Waals surface area contributed by atoms with Crippen molar-refractivity contribution in [1.29, 1.82) is 0 Å². The summed E-state index contributed by atoms with van der Waals surface area (Å²) in [6.07, 6.45) is 1.58. The zero-order valence-corrected chi connectivity index (χ0v) is 15.1. The molecular formula is C18H18BrFN2O2. The fraction of sp³-hybridized carbons (Fsp3) is 0.278.